The maximum absolute atomic E-state index is 12.0. The molecule has 1 aliphatic rings. The molecule has 118 valence electrons. The Balaban J connectivity index is 1.65. The number of carbonyl (C=O) groups is 1. The summed E-state index contributed by atoms with van der Waals surface area (Å²) in [5, 5.41) is 23.4. The number of carbonyl (C=O) groups excluding carboxylic acids is 1. The molecule has 3 N–H and O–H groups in total. The van der Waals surface area contributed by atoms with Crippen LogP contribution in [0.25, 0.3) is 10.2 Å². The lowest BCUT2D eigenvalue weighted by Gasteiger charge is -2.18. The Hall–Kier alpha value is -1.50. The van der Waals surface area contributed by atoms with Crippen molar-refractivity contribution in [3.05, 3.63) is 29.3 Å². The number of rotatable bonds is 6. The summed E-state index contributed by atoms with van der Waals surface area (Å²) in [4.78, 5) is 16.3. The molecule has 0 saturated heterocycles. The molecule has 1 fully saturated rings. The van der Waals surface area contributed by atoms with Gasteiger partial charge in [-0.1, -0.05) is 19.1 Å². The monoisotopic (exact) mass is 320 g/mol. The van der Waals surface area contributed by atoms with E-state index in [1.807, 2.05) is 24.3 Å². The Morgan fingerprint density at radius 1 is 1.41 bits per heavy atom. The molecule has 2 atom stereocenters. The first-order chi connectivity index (χ1) is 10.5. The Bertz CT molecular complexity index is 648. The summed E-state index contributed by atoms with van der Waals surface area (Å²) in [6.45, 7) is 2.66. The predicted octanol–water partition coefficient (Wildman–Crippen LogP) is 2.00. The van der Waals surface area contributed by atoms with Crippen molar-refractivity contribution in [3.8, 4) is 0 Å². The van der Waals surface area contributed by atoms with Gasteiger partial charge in [0, 0.05) is 6.54 Å². The van der Waals surface area contributed by atoms with Crippen LogP contribution >= 0.6 is 11.3 Å². The van der Waals surface area contributed by atoms with Crippen LogP contribution in [0.4, 0.5) is 0 Å². The van der Waals surface area contributed by atoms with Gasteiger partial charge in [-0.25, -0.2) is 4.98 Å². The topological polar surface area (TPSA) is 82.5 Å². The van der Waals surface area contributed by atoms with E-state index in [0.29, 0.717) is 11.6 Å². The van der Waals surface area contributed by atoms with Gasteiger partial charge < -0.3 is 15.5 Å². The molecule has 3 rings (SSSR count). The van der Waals surface area contributed by atoms with Crippen molar-refractivity contribution in [1.29, 1.82) is 0 Å². The van der Waals surface area contributed by atoms with Crippen LogP contribution in [0.1, 0.15) is 37.3 Å². The summed E-state index contributed by atoms with van der Waals surface area (Å²) in [5.41, 5.74) is 0.966. The highest BCUT2D eigenvalue weighted by Gasteiger charge is 2.41. The molecule has 1 heterocycles. The second-order valence-corrected chi connectivity index (χ2v) is 7.04. The van der Waals surface area contributed by atoms with Crippen molar-refractivity contribution in [1.82, 2.24) is 10.3 Å². The normalized spacial score (nSPS) is 18.9. The molecule has 0 radical (unpaired) electrons. The van der Waals surface area contributed by atoms with Crippen LogP contribution in [0.3, 0.4) is 0 Å². The number of fused-ring (bicyclic) bond motifs is 1. The average molecular weight is 320 g/mol. The van der Waals surface area contributed by atoms with Crippen molar-refractivity contribution < 1.29 is 15.0 Å². The fourth-order valence-electron chi connectivity index (χ4n) is 2.51. The molecule has 1 aliphatic carbocycles. The number of hydrogen-bond donors (Lipinski definition) is 3. The SMILES string of the molecule is CCC1(CNC(=O)C(O)C(O)c2nc3ccccc3s2)CC1. The second-order valence-electron chi connectivity index (χ2n) is 5.98. The van der Waals surface area contributed by atoms with Gasteiger partial charge in [-0.15, -0.1) is 11.3 Å². The number of hydrogen-bond acceptors (Lipinski definition) is 5. The van der Waals surface area contributed by atoms with E-state index in [1.165, 1.54) is 11.3 Å². The predicted molar refractivity (Wildman–Crippen MR) is 85.6 cm³/mol. The van der Waals surface area contributed by atoms with Gasteiger partial charge >= 0.3 is 0 Å². The maximum Gasteiger partial charge on any atom is 0.252 e. The van der Waals surface area contributed by atoms with Gasteiger partial charge in [0.15, 0.2) is 6.10 Å². The Morgan fingerprint density at radius 3 is 2.77 bits per heavy atom. The standard InChI is InChI=1S/C16H20N2O3S/c1-2-16(7-8-16)9-17-14(21)12(19)13(20)15-18-10-5-3-4-6-11(10)22-15/h3-6,12-13,19-20H,2,7-9H2,1H3,(H,17,21). The van der Waals surface area contributed by atoms with Gasteiger partial charge in [-0.05, 0) is 36.8 Å². The highest BCUT2D eigenvalue weighted by molar-refractivity contribution is 7.18. The Kier molecular flexibility index (Phi) is 4.16. The minimum absolute atomic E-state index is 0.205. The third-order valence-corrected chi connectivity index (χ3v) is 5.58. The van der Waals surface area contributed by atoms with Crippen LogP contribution in [0.2, 0.25) is 0 Å². The number of amides is 1. The molecule has 2 aromatic rings. The summed E-state index contributed by atoms with van der Waals surface area (Å²) in [6, 6.07) is 7.49. The molecule has 6 heteroatoms. The number of aromatic nitrogens is 1. The third-order valence-electron chi connectivity index (χ3n) is 4.48. The molecule has 0 bridgehead atoms. The molecule has 1 aromatic heterocycles. The fourth-order valence-corrected chi connectivity index (χ4v) is 3.49. The minimum Gasteiger partial charge on any atom is -0.383 e. The largest absolute Gasteiger partial charge is 0.383 e. The number of nitrogens with zero attached hydrogens (tertiary/aromatic N) is 1. The lowest BCUT2D eigenvalue weighted by atomic mass is 10.0. The van der Waals surface area contributed by atoms with Gasteiger partial charge in [0.25, 0.3) is 5.91 Å². The van der Waals surface area contributed by atoms with E-state index in [0.717, 1.165) is 29.5 Å². The van der Waals surface area contributed by atoms with E-state index in [9.17, 15) is 15.0 Å². The summed E-state index contributed by atoms with van der Waals surface area (Å²) < 4.78 is 0.923. The van der Waals surface area contributed by atoms with E-state index in [4.69, 9.17) is 0 Å². The molecule has 2 unspecified atom stereocenters. The van der Waals surface area contributed by atoms with E-state index >= 15 is 0 Å². The van der Waals surface area contributed by atoms with Crippen LogP contribution in [0.15, 0.2) is 24.3 Å². The van der Waals surface area contributed by atoms with Crippen LogP contribution in [-0.2, 0) is 4.79 Å². The fraction of sp³-hybridized carbons (Fsp3) is 0.500. The summed E-state index contributed by atoms with van der Waals surface area (Å²) >= 11 is 1.29. The Labute approximate surface area is 133 Å². The molecule has 22 heavy (non-hydrogen) atoms. The number of benzene rings is 1. The lowest BCUT2D eigenvalue weighted by Crippen LogP contribution is -2.41. The van der Waals surface area contributed by atoms with Crippen LogP contribution in [0, 0.1) is 5.41 Å². The number of nitrogens with one attached hydrogen (secondary N) is 1. The molecular weight excluding hydrogens is 300 g/mol. The zero-order valence-electron chi connectivity index (χ0n) is 12.5. The van der Waals surface area contributed by atoms with Gasteiger partial charge in [0.1, 0.15) is 11.1 Å². The molecule has 1 saturated carbocycles. The van der Waals surface area contributed by atoms with Crippen molar-refractivity contribution >= 4 is 27.5 Å². The van der Waals surface area contributed by atoms with E-state index in [2.05, 4.69) is 17.2 Å². The number of aliphatic hydroxyl groups excluding tert-OH is 2. The van der Waals surface area contributed by atoms with Gasteiger partial charge in [0.05, 0.1) is 10.2 Å². The first kappa shape index (κ1) is 15.4. The number of para-hydroxylation sites is 1. The molecule has 5 nitrogen and oxygen atoms in total. The molecule has 1 aromatic carbocycles. The Morgan fingerprint density at radius 2 is 2.14 bits per heavy atom. The molecule has 0 spiro atoms. The average Bonchev–Trinajstić information content (AvgIpc) is 3.20. The van der Waals surface area contributed by atoms with Crippen molar-refractivity contribution in [3.63, 3.8) is 0 Å². The first-order valence-electron chi connectivity index (χ1n) is 7.54. The van der Waals surface area contributed by atoms with Gasteiger partial charge in [-0.2, -0.15) is 0 Å². The zero-order chi connectivity index (χ0) is 15.7. The maximum atomic E-state index is 12.0. The van der Waals surface area contributed by atoms with E-state index in [1.54, 1.807) is 0 Å². The van der Waals surface area contributed by atoms with Crippen LogP contribution in [-0.4, -0.2) is 33.8 Å². The number of aliphatic hydroxyl groups is 2. The highest BCUT2D eigenvalue weighted by atomic mass is 32.1. The van der Waals surface area contributed by atoms with E-state index < -0.39 is 18.1 Å². The zero-order valence-corrected chi connectivity index (χ0v) is 13.3. The molecule has 1 amide bonds. The smallest absolute Gasteiger partial charge is 0.252 e. The van der Waals surface area contributed by atoms with Crippen LogP contribution < -0.4 is 5.32 Å². The van der Waals surface area contributed by atoms with Crippen molar-refractivity contribution in [2.75, 3.05) is 6.54 Å². The van der Waals surface area contributed by atoms with Gasteiger partial charge in [0.2, 0.25) is 0 Å². The summed E-state index contributed by atoms with van der Waals surface area (Å²) in [7, 11) is 0. The third kappa shape index (κ3) is 2.99. The summed E-state index contributed by atoms with van der Waals surface area (Å²) in [5.74, 6) is -0.536. The van der Waals surface area contributed by atoms with Crippen molar-refractivity contribution in [2.24, 2.45) is 5.41 Å². The van der Waals surface area contributed by atoms with Crippen LogP contribution in [0.5, 0.6) is 0 Å². The van der Waals surface area contributed by atoms with Crippen molar-refractivity contribution in [2.45, 2.75) is 38.4 Å². The second kappa shape index (κ2) is 5.95. The first-order valence-corrected chi connectivity index (χ1v) is 8.36. The lowest BCUT2D eigenvalue weighted by molar-refractivity contribution is -0.135. The quantitative estimate of drug-likeness (QED) is 0.760. The van der Waals surface area contributed by atoms with E-state index in [-0.39, 0.29) is 5.41 Å². The highest BCUT2D eigenvalue weighted by Crippen LogP contribution is 2.47. The number of thiazole rings is 1. The summed E-state index contributed by atoms with van der Waals surface area (Å²) in [6.07, 6.45) is 0.451. The molecule has 0 aliphatic heterocycles. The molecular formula is C16H20N2O3S. The van der Waals surface area contributed by atoms with Gasteiger partial charge in [-0.3, -0.25) is 4.79 Å². The minimum atomic E-state index is -1.49.